The van der Waals surface area contributed by atoms with Crippen LogP contribution in [0.5, 0.6) is 0 Å². The molecule has 0 aromatic heterocycles. The maximum absolute atomic E-state index is 10.1. The number of hydrogen-bond acceptors (Lipinski definition) is 6. The molecule has 2 rings (SSSR count). The number of nitrogens with one attached hydrogen (secondary N) is 1. The van der Waals surface area contributed by atoms with Crippen LogP contribution in [-0.2, 0) is 4.74 Å². The minimum Gasteiger partial charge on any atom is -0.388 e. The van der Waals surface area contributed by atoms with Crippen molar-refractivity contribution in [3.05, 3.63) is 29.8 Å². The lowest BCUT2D eigenvalue weighted by molar-refractivity contribution is -0.313. The summed E-state index contributed by atoms with van der Waals surface area (Å²) in [4.78, 5) is 0. The van der Waals surface area contributed by atoms with Gasteiger partial charge in [-0.3, -0.25) is 0 Å². The molecule has 0 amide bonds. The standard InChI is InChI=1S/C13H19NO5/c1-8-2-4-9(5-3-8)14-7-13(18)12(17)11(16)10(15)6-19-13/h2-5,10-12,14-18H,6-7H2,1H3/t10-,11-,12+,13-/m1/s1. The molecular weight excluding hydrogens is 250 g/mol. The molecule has 6 nitrogen and oxygen atoms in total. The molecule has 5 N–H and O–H groups in total. The van der Waals surface area contributed by atoms with Gasteiger partial charge >= 0.3 is 0 Å². The molecule has 0 unspecified atom stereocenters. The highest BCUT2D eigenvalue weighted by atomic mass is 16.6. The molecule has 0 bridgehead atoms. The lowest BCUT2D eigenvalue weighted by atomic mass is 9.97. The summed E-state index contributed by atoms with van der Waals surface area (Å²) >= 11 is 0. The first-order chi connectivity index (χ1) is 8.92. The Balaban J connectivity index is 1.99. The van der Waals surface area contributed by atoms with Crippen molar-refractivity contribution in [3.8, 4) is 0 Å². The topological polar surface area (TPSA) is 102 Å². The average Bonchev–Trinajstić information content (AvgIpc) is 2.41. The van der Waals surface area contributed by atoms with Crippen molar-refractivity contribution >= 4 is 5.69 Å². The summed E-state index contributed by atoms with van der Waals surface area (Å²) in [5.74, 6) is -1.93. The predicted molar refractivity (Wildman–Crippen MR) is 68.6 cm³/mol. The molecule has 0 aliphatic carbocycles. The van der Waals surface area contributed by atoms with Crippen molar-refractivity contribution in [1.29, 1.82) is 0 Å². The Kier molecular flexibility index (Phi) is 4.07. The van der Waals surface area contributed by atoms with Crippen LogP contribution in [0, 0.1) is 6.92 Å². The van der Waals surface area contributed by atoms with E-state index >= 15 is 0 Å². The molecule has 19 heavy (non-hydrogen) atoms. The lowest BCUT2D eigenvalue weighted by Crippen LogP contribution is -2.63. The van der Waals surface area contributed by atoms with E-state index in [0.29, 0.717) is 0 Å². The second-order valence-electron chi connectivity index (χ2n) is 4.88. The van der Waals surface area contributed by atoms with Crippen LogP contribution in [-0.4, -0.2) is 57.7 Å². The van der Waals surface area contributed by atoms with Crippen LogP contribution < -0.4 is 5.32 Å². The van der Waals surface area contributed by atoms with Crippen LogP contribution in [0.15, 0.2) is 24.3 Å². The normalized spacial score (nSPS) is 35.1. The molecule has 6 heteroatoms. The van der Waals surface area contributed by atoms with Gasteiger partial charge < -0.3 is 30.5 Å². The van der Waals surface area contributed by atoms with Gasteiger partial charge in [-0.2, -0.15) is 0 Å². The van der Waals surface area contributed by atoms with Crippen LogP contribution in [0.25, 0.3) is 0 Å². The molecule has 1 heterocycles. The van der Waals surface area contributed by atoms with Crippen LogP contribution in [0.4, 0.5) is 5.69 Å². The Morgan fingerprint density at radius 1 is 1.26 bits per heavy atom. The first-order valence-electron chi connectivity index (χ1n) is 6.13. The zero-order valence-corrected chi connectivity index (χ0v) is 10.7. The monoisotopic (exact) mass is 269 g/mol. The number of anilines is 1. The highest BCUT2D eigenvalue weighted by Gasteiger charge is 2.48. The van der Waals surface area contributed by atoms with Crippen molar-refractivity contribution < 1.29 is 25.2 Å². The second kappa shape index (κ2) is 5.44. The van der Waals surface area contributed by atoms with Crippen molar-refractivity contribution in [2.45, 2.75) is 31.0 Å². The third kappa shape index (κ3) is 3.05. The van der Waals surface area contributed by atoms with Gasteiger partial charge in [0.25, 0.3) is 0 Å². The maximum atomic E-state index is 10.1. The number of rotatable bonds is 3. The van der Waals surface area contributed by atoms with Crippen LogP contribution in [0.1, 0.15) is 5.56 Å². The number of aliphatic hydroxyl groups is 4. The summed E-state index contributed by atoms with van der Waals surface area (Å²) in [5, 5.41) is 41.7. The molecular formula is C13H19NO5. The van der Waals surface area contributed by atoms with Gasteiger partial charge in [0, 0.05) is 5.69 Å². The highest BCUT2D eigenvalue weighted by molar-refractivity contribution is 5.44. The van der Waals surface area contributed by atoms with Crippen LogP contribution in [0.2, 0.25) is 0 Å². The fourth-order valence-corrected chi connectivity index (χ4v) is 1.95. The van der Waals surface area contributed by atoms with E-state index in [2.05, 4.69) is 5.32 Å². The molecule has 0 spiro atoms. The fraction of sp³-hybridized carbons (Fsp3) is 0.538. The molecule has 0 saturated carbocycles. The third-order valence-electron chi connectivity index (χ3n) is 3.28. The summed E-state index contributed by atoms with van der Waals surface area (Å²) in [5.41, 5.74) is 1.87. The number of aryl methyl sites for hydroxylation is 1. The third-order valence-corrected chi connectivity index (χ3v) is 3.28. The Morgan fingerprint density at radius 2 is 1.89 bits per heavy atom. The van der Waals surface area contributed by atoms with Gasteiger partial charge in [0.2, 0.25) is 5.79 Å². The van der Waals surface area contributed by atoms with E-state index in [1.165, 1.54) is 0 Å². The van der Waals surface area contributed by atoms with E-state index in [-0.39, 0.29) is 13.2 Å². The summed E-state index contributed by atoms with van der Waals surface area (Å²) < 4.78 is 5.04. The fourth-order valence-electron chi connectivity index (χ4n) is 1.95. The Labute approximate surface area is 111 Å². The minimum atomic E-state index is -1.93. The number of ether oxygens (including phenoxy) is 1. The van der Waals surface area contributed by atoms with E-state index in [9.17, 15) is 20.4 Å². The summed E-state index contributed by atoms with van der Waals surface area (Å²) in [6.07, 6.45) is -4.21. The largest absolute Gasteiger partial charge is 0.388 e. The number of benzene rings is 1. The molecule has 1 aromatic carbocycles. The van der Waals surface area contributed by atoms with Crippen LogP contribution in [0.3, 0.4) is 0 Å². The smallest absolute Gasteiger partial charge is 0.212 e. The molecule has 1 fully saturated rings. The molecule has 1 aliphatic rings. The van der Waals surface area contributed by atoms with E-state index in [1.54, 1.807) is 0 Å². The van der Waals surface area contributed by atoms with Crippen LogP contribution >= 0.6 is 0 Å². The quantitative estimate of drug-likeness (QED) is 0.493. The van der Waals surface area contributed by atoms with Gasteiger partial charge in [-0.05, 0) is 19.1 Å². The van der Waals surface area contributed by atoms with Gasteiger partial charge in [-0.25, -0.2) is 0 Å². The summed E-state index contributed by atoms with van der Waals surface area (Å²) in [6.45, 7) is 1.63. The van der Waals surface area contributed by atoms with Gasteiger partial charge in [0.15, 0.2) is 0 Å². The van der Waals surface area contributed by atoms with E-state index in [4.69, 9.17) is 4.74 Å². The van der Waals surface area contributed by atoms with Crippen molar-refractivity contribution in [3.63, 3.8) is 0 Å². The van der Waals surface area contributed by atoms with Gasteiger partial charge in [-0.15, -0.1) is 0 Å². The number of aliphatic hydroxyl groups excluding tert-OH is 3. The predicted octanol–water partition coefficient (Wildman–Crippen LogP) is -0.792. The number of hydrogen-bond donors (Lipinski definition) is 5. The molecule has 1 aromatic rings. The first kappa shape index (κ1) is 14.2. The molecule has 1 saturated heterocycles. The highest BCUT2D eigenvalue weighted by Crippen LogP contribution is 2.24. The minimum absolute atomic E-state index is 0.0962. The summed E-state index contributed by atoms with van der Waals surface area (Å²) in [6, 6.07) is 7.48. The Hall–Kier alpha value is -1.18. The molecule has 106 valence electrons. The van der Waals surface area contributed by atoms with Crippen molar-refractivity contribution in [2.75, 3.05) is 18.5 Å². The van der Waals surface area contributed by atoms with Crippen molar-refractivity contribution in [2.24, 2.45) is 0 Å². The first-order valence-corrected chi connectivity index (χ1v) is 6.13. The SMILES string of the molecule is Cc1ccc(NC[C@@]2(O)OC[C@@H](O)[C@@H](O)[C@@H]2O)cc1. The van der Waals surface area contributed by atoms with Crippen molar-refractivity contribution in [1.82, 2.24) is 0 Å². The zero-order chi connectivity index (χ0) is 14.0. The molecule has 0 radical (unpaired) electrons. The average molecular weight is 269 g/mol. The Morgan fingerprint density at radius 3 is 2.53 bits per heavy atom. The second-order valence-corrected chi connectivity index (χ2v) is 4.88. The van der Waals surface area contributed by atoms with E-state index in [1.807, 2.05) is 31.2 Å². The lowest BCUT2D eigenvalue weighted by Gasteiger charge is -2.41. The molecule has 4 atom stereocenters. The molecule has 1 aliphatic heterocycles. The van der Waals surface area contributed by atoms with Gasteiger partial charge in [-0.1, -0.05) is 17.7 Å². The maximum Gasteiger partial charge on any atom is 0.212 e. The Bertz CT molecular complexity index is 424. The van der Waals surface area contributed by atoms with E-state index < -0.39 is 24.1 Å². The summed E-state index contributed by atoms with van der Waals surface area (Å²) in [7, 11) is 0. The van der Waals surface area contributed by atoms with Gasteiger partial charge in [0.05, 0.1) is 13.2 Å². The van der Waals surface area contributed by atoms with Gasteiger partial charge in [0.1, 0.15) is 18.3 Å². The zero-order valence-electron chi connectivity index (χ0n) is 10.7. The van der Waals surface area contributed by atoms with E-state index in [0.717, 1.165) is 11.3 Å².